The van der Waals surface area contributed by atoms with E-state index >= 15 is 0 Å². The summed E-state index contributed by atoms with van der Waals surface area (Å²) in [6.07, 6.45) is 0.319. The van der Waals surface area contributed by atoms with Crippen LogP contribution in [0.4, 0.5) is 17.7 Å². The second-order valence-electron chi connectivity index (χ2n) is 5.11. The number of alkyl carbamates (subject to hydrolysis) is 1. The van der Waals surface area contributed by atoms with Crippen molar-refractivity contribution in [1.82, 2.24) is 15.1 Å². The summed E-state index contributed by atoms with van der Waals surface area (Å²) < 4.78 is 44.1. The topological polar surface area (TPSA) is 56.2 Å². The Balaban J connectivity index is 2.72. The van der Waals surface area contributed by atoms with E-state index < -0.39 is 24.3 Å². The summed E-state index contributed by atoms with van der Waals surface area (Å²) in [5, 5.41) is 5.83. The molecular formula is C10H16BF3N3O2-. The molecule has 0 spiro atoms. The molecule has 9 heteroatoms. The fourth-order valence-corrected chi connectivity index (χ4v) is 1.53. The minimum atomic E-state index is -5.18. The van der Waals surface area contributed by atoms with Gasteiger partial charge in [-0.2, -0.15) is 5.10 Å². The van der Waals surface area contributed by atoms with E-state index in [1.54, 1.807) is 20.8 Å². The van der Waals surface area contributed by atoms with Gasteiger partial charge in [0, 0.05) is 13.6 Å². The number of nitrogens with one attached hydrogen (secondary N) is 1. The van der Waals surface area contributed by atoms with E-state index in [0.717, 1.165) is 10.9 Å². The SMILES string of the molecule is Cn1ncc(CNC(=O)OC(C)(C)C)c1[B-](F)(F)F. The van der Waals surface area contributed by atoms with Crippen LogP contribution < -0.4 is 10.9 Å². The summed E-state index contributed by atoms with van der Waals surface area (Å²) in [7, 11) is 1.21. The molecule has 0 atom stereocenters. The number of carbonyl (C=O) groups excluding carboxylic acids is 1. The van der Waals surface area contributed by atoms with Crippen LogP contribution in [-0.2, 0) is 18.3 Å². The van der Waals surface area contributed by atoms with Gasteiger partial charge in [0.2, 0.25) is 0 Å². The Labute approximate surface area is 109 Å². The van der Waals surface area contributed by atoms with Gasteiger partial charge in [0.1, 0.15) is 5.60 Å². The number of aromatic nitrogens is 2. The molecule has 1 heterocycles. The van der Waals surface area contributed by atoms with Gasteiger partial charge >= 0.3 is 13.1 Å². The molecule has 0 aromatic carbocycles. The van der Waals surface area contributed by atoms with Gasteiger partial charge in [-0.05, 0) is 31.9 Å². The van der Waals surface area contributed by atoms with Crippen molar-refractivity contribution in [3.8, 4) is 0 Å². The molecule has 1 rings (SSSR count). The number of rotatable bonds is 3. The van der Waals surface area contributed by atoms with Crippen LogP contribution in [0.3, 0.4) is 0 Å². The maximum Gasteiger partial charge on any atom is 0.527 e. The van der Waals surface area contributed by atoms with Gasteiger partial charge in [-0.25, -0.2) is 4.79 Å². The Kier molecular flexibility index (Phi) is 4.16. The fourth-order valence-electron chi connectivity index (χ4n) is 1.53. The number of amides is 1. The summed E-state index contributed by atoms with van der Waals surface area (Å²) >= 11 is 0. The van der Waals surface area contributed by atoms with E-state index in [2.05, 4.69) is 10.4 Å². The van der Waals surface area contributed by atoms with Gasteiger partial charge in [-0.1, -0.05) is 0 Å². The number of hydrogen-bond donors (Lipinski definition) is 1. The smallest absolute Gasteiger partial charge is 0.444 e. The molecule has 19 heavy (non-hydrogen) atoms. The van der Waals surface area contributed by atoms with Crippen molar-refractivity contribution in [1.29, 1.82) is 0 Å². The zero-order valence-corrected chi connectivity index (χ0v) is 11.2. The molecule has 1 aromatic heterocycles. The highest BCUT2D eigenvalue weighted by molar-refractivity contribution is 6.73. The lowest BCUT2D eigenvalue weighted by molar-refractivity contribution is 0.0523. The lowest BCUT2D eigenvalue weighted by Gasteiger charge is -2.21. The second kappa shape index (κ2) is 5.14. The van der Waals surface area contributed by atoms with Gasteiger partial charge in [-0.3, -0.25) is 0 Å². The summed E-state index contributed by atoms with van der Waals surface area (Å²) in [6.45, 7) is -0.452. The van der Waals surface area contributed by atoms with E-state index in [0.29, 0.717) is 0 Å². The lowest BCUT2D eigenvalue weighted by atomic mass is 9.83. The molecule has 0 aliphatic heterocycles. The van der Waals surface area contributed by atoms with Gasteiger partial charge in [0.15, 0.2) is 0 Å². The lowest BCUT2D eigenvalue weighted by Crippen LogP contribution is -2.43. The number of halogens is 3. The third kappa shape index (κ3) is 4.49. The highest BCUT2D eigenvalue weighted by atomic mass is 19.4. The summed E-state index contributed by atoms with van der Waals surface area (Å²) in [5.74, 6) is 0. The summed E-state index contributed by atoms with van der Waals surface area (Å²) in [4.78, 5) is 11.4. The molecule has 0 unspecified atom stereocenters. The van der Waals surface area contributed by atoms with Gasteiger partial charge < -0.3 is 27.7 Å². The van der Waals surface area contributed by atoms with Crippen LogP contribution in [0, 0.1) is 0 Å². The first kappa shape index (κ1) is 15.4. The highest BCUT2D eigenvalue weighted by Crippen LogP contribution is 2.12. The molecule has 1 amide bonds. The third-order valence-corrected chi connectivity index (χ3v) is 2.20. The Hall–Kier alpha value is -1.67. The minimum Gasteiger partial charge on any atom is -0.444 e. The second-order valence-corrected chi connectivity index (χ2v) is 5.11. The molecule has 0 bridgehead atoms. The van der Waals surface area contributed by atoms with Crippen LogP contribution in [0.5, 0.6) is 0 Å². The standard InChI is InChI=1S/C10H16BF3N3O2/c1-10(2,3)19-9(18)15-5-7-6-16-17(4)8(7)11(12,13)14/h6H,5H2,1-4H3,(H,15,18)/q-1. The molecule has 108 valence electrons. The van der Waals surface area contributed by atoms with Gasteiger partial charge in [0.05, 0.1) is 6.20 Å². The van der Waals surface area contributed by atoms with Crippen molar-refractivity contribution in [2.45, 2.75) is 32.9 Å². The van der Waals surface area contributed by atoms with Crippen molar-refractivity contribution in [2.75, 3.05) is 0 Å². The third-order valence-electron chi connectivity index (χ3n) is 2.20. The van der Waals surface area contributed by atoms with Crippen LogP contribution in [0.15, 0.2) is 6.20 Å². The minimum absolute atomic E-state index is 0.0825. The number of hydrogen-bond acceptors (Lipinski definition) is 3. The molecule has 1 N–H and O–H groups in total. The quantitative estimate of drug-likeness (QED) is 0.852. The van der Waals surface area contributed by atoms with Crippen molar-refractivity contribution >= 4 is 18.7 Å². The van der Waals surface area contributed by atoms with Crippen molar-refractivity contribution < 1.29 is 22.5 Å². The fraction of sp³-hybridized carbons (Fsp3) is 0.600. The number of aryl methyl sites for hydroxylation is 1. The molecule has 0 saturated heterocycles. The van der Waals surface area contributed by atoms with Crippen molar-refractivity contribution in [2.24, 2.45) is 7.05 Å². The predicted molar refractivity (Wildman–Crippen MR) is 65.0 cm³/mol. The average molecular weight is 278 g/mol. The van der Waals surface area contributed by atoms with E-state index in [9.17, 15) is 17.7 Å². The Morgan fingerprint density at radius 2 is 2.05 bits per heavy atom. The Morgan fingerprint density at radius 3 is 2.53 bits per heavy atom. The average Bonchev–Trinajstić information content (AvgIpc) is 2.53. The van der Waals surface area contributed by atoms with Gasteiger partial charge in [0.25, 0.3) is 0 Å². The molecular weight excluding hydrogens is 262 g/mol. The van der Waals surface area contributed by atoms with Gasteiger partial charge in [-0.15, -0.1) is 0 Å². The molecule has 0 saturated carbocycles. The van der Waals surface area contributed by atoms with Crippen LogP contribution >= 0.6 is 0 Å². The van der Waals surface area contributed by atoms with Crippen molar-refractivity contribution in [3.63, 3.8) is 0 Å². The van der Waals surface area contributed by atoms with Crippen LogP contribution in [0.1, 0.15) is 26.3 Å². The first-order valence-electron chi connectivity index (χ1n) is 5.68. The Bertz CT molecular complexity index is 466. The van der Waals surface area contributed by atoms with Crippen molar-refractivity contribution in [3.05, 3.63) is 11.8 Å². The first-order chi connectivity index (χ1) is 8.50. The maximum atomic E-state index is 12.8. The number of ether oxygens (including phenoxy) is 1. The molecule has 1 aromatic rings. The zero-order valence-electron chi connectivity index (χ0n) is 11.2. The van der Waals surface area contributed by atoms with Crippen LogP contribution in [-0.4, -0.2) is 28.5 Å². The maximum absolute atomic E-state index is 12.8. The van der Waals surface area contributed by atoms with E-state index in [1.165, 1.54) is 7.05 Å². The summed E-state index contributed by atoms with van der Waals surface area (Å²) in [5.41, 5.74) is -1.60. The number of nitrogens with zero attached hydrogens (tertiary/aromatic N) is 2. The monoisotopic (exact) mass is 278 g/mol. The molecule has 0 radical (unpaired) electrons. The van der Waals surface area contributed by atoms with E-state index in [4.69, 9.17) is 4.74 Å². The zero-order chi connectivity index (χ0) is 14.8. The number of carbonyl (C=O) groups is 1. The van der Waals surface area contributed by atoms with E-state index in [-0.39, 0.29) is 12.1 Å². The molecule has 0 aliphatic carbocycles. The summed E-state index contributed by atoms with van der Waals surface area (Å²) in [6, 6.07) is 0. The predicted octanol–water partition coefficient (Wildman–Crippen LogP) is 1.50. The van der Waals surface area contributed by atoms with Crippen LogP contribution in [0.25, 0.3) is 0 Å². The molecule has 0 fully saturated rings. The normalized spacial score (nSPS) is 12.4. The largest absolute Gasteiger partial charge is 0.527 e. The van der Waals surface area contributed by atoms with Crippen LogP contribution in [0.2, 0.25) is 0 Å². The molecule has 0 aliphatic rings. The molecule has 5 nitrogen and oxygen atoms in total. The first-order valence-corrected chi connectivity index (χ1v) is 5.68. The Morgan fingerprint density at radius 1 is 1.47 bits per heavy atom. The highest BCUT2D eigenvalue weighted by Gasteiger charge is 2.32. The van der Waals surface area contributed by atoms with E-state index in [1.807, 2.05) is 0 Å².